The number of ether oxygens (including phenoxy) is 1. The van der Waals surface area contributed by atoms with Gasteiger partial charge in [0.2, 0.25) is 5.91 Å². The Kier molecular flexibility index (Phi) is 5.61. The third-order valence-corrected chi connectivity index (χ3v) is 4.26. The largest absolute Gasteiger partial charge is 0.383 e. The van der Waals surface area contributed by atoms with Crippen LogP contribution in [0.2, 0.25) is 0 Å². The second kappa shape index (κ2) is 7.46. The second-order valence-corrected chi connectivity index (χ2v) is 5.89. The summed E-state index contributed by atoms with van der Waals surface area (Å²) in [5.74, 6) is 0.669. The van der Waals surface area contributed by atoms with Crippen LogP contribution in [-0.4, -0.2) is 31.1 Å². The van der Waals surface area contributed by atoms with Gasteiger partial charge in [0.25, 0.3) is 0 Å². The highest BCUT2D eigenvalue weighted by molar-refractivity contribution is 7.09. The normalized spacial score (nSPS) is 17.8. The van der Waals surface area contributed by atoms with E-state index < -0.39 is 0 Å². The molecular weight excluding hydrogens is 258 g/mol. The fraction of sp³-hybridized carbons (Fsp3) is 0.533. The molecule has 19 heavy (non-hydrogen) atoms. The van der Waals surface area contributed by atoms with Crippen molar-refractivity contribution in [2.45, 2.75) is 25.8 Å². The molecule has 1 heterocycles. The summed E-state index contributed by atoms with van der Waals surface area (Å²) in [4.78, 5) is 15.5. The average Bonchev–Trinajstić information content (AvgIpc) is 3.07. The van der Waals surface area contributed by atoms with Crippen LogP contribution >= 0.6 is 11.3 Å². The van der Waals surface area contributed by atoms with Crippen molar-refractivity contribution in [2.24, 2.45) is 5.92 Å². The molecule has 0 bridgehead atoms. The van der Waals surface area contributed by atoms with Crippen molar-refractivity contribution in [3.8, 4) is 0 Å². The quantitative estimate of drug-likeness (QED) is 0.718. The van der Waals surface area contributed by atoms with Gasteiger partial charge in [0, 0.05) is 25.0 Å². The summed E-state index contributed by atoms with van der Waals surface area (Å²) in [6.07, 6.45) is 7.21. The van der Waals surface area contributed by atoms with Crippen LogP contribution in [0.1, 0.15) is 24.1 Å². The second-order valence-electron chi connectivity index (χ2n) is 4.86. The molecule has 0 N–H and O–H groups in total. The molecule has 2 rings (SSSR count). The lowest BCUT2D eigenvalue weighted by Crippen LogP contribution is -2.34. The lowest BCUT2D eigenvalue weighted by Gasteiger charge is -2.23. The smallest absolute Gasteiger partial charge is 0.223 e. The molecule has 4 heteroatoms. The summed E-state index contributed by atoms with van der Waals surface area (Å²) in [5, 5.41) is 2.05. The Bertz CT molecular complexity index is 414. The van der Waals surface area contributed by atoms with Gasteiger partial charge < -0.3 is 9.64 Å². The van der Waals surface area contributed by atoms with Gasteiger partial charge in [0.05, 0.1) is 13.2 Å². The molecule has 1 atom stereocenters. The molecule has 0 aliphatic heterocycles. The van der Waals surface area contributed by atoms with Gasteiger partial charge in [-0.1, -0.05) is 18.2 Å². The Hall–Kier alpha value is -1.13. The van der Waals surface area contributed by atoms with E-state index in [2.05, 4.69) is 18.2 Å². The van der Waals surface area contributed by atoms with Crippen LogP contribution in [0.25, 0.3) is 0 Å². The summed E-state index contributed by atoms with van der Waals surface area (Å²) in [6.45, 7) is 1.97. The Morgan fingerprint density at radius 2 is 2.47 bits per heavy atom. The predicted octanol–water partition coefficient (Wildman–Crippen LogP) is 3.08. The highest BCUT2D eigenvalue weighted by Gasteiger charge is 2.19. The number of hydrogen-bond donors (Lipinski definition) is 0. The molecule has 104 valence electrons. The van der Waals surface area contributed by atoms with E-state index in [1.54, 1.807) is 18.4 Å². The van der Waals surface area contributed by atoms with Crippen molar-refractivity contribution >= 4 is 17.2 Å². The van der Waals surface area contributed by atoms with Crippen molar-refractivity contribution in [3.63, 3.8) is 0 Å². The summed E-state index contributed by atoms with van der Waals surface area (Å²) in [6, 6.07) is 4.10. The SMILES string of the molecule is COCCN(Cc1cccs1)C(=O)C[C@@H]1C=CCC1. The lowest BCUT2D eigenvalue weighted by atomic mass is 10.0. The van der Waals surface area contributed by atoms with Crippen LogP contribution in [0.15, 0.2) is 29.7 Å². The van der Waals surface area contributed by atoms with Crippen molar-refractivity contribution in [2.75, 3.05) is 20.3 Å². The van der Waals surface area contributed by atoms with Gasteiger partial charge in [-0.2, -0.15) is 0 Å². The number of thiophene rings is 1. The first-order valence-electron chi connectivity index (χ1n) is 6.75. The van der Waals surface area contributed by atoms with Crippen molar-refractivity contribution in [3.05, 3.63) is 34.5 Å². The molecule has 0 radical (unpaired) electrons. The molecule has 0 unspecified atom stereocenters. The zero-order chi connectivity index (χ0) is 13.5. The summed E-state index contributed by atoms with van der Waals surface area (Å²) in [5.41, 5.74) is 0. The first-order valence-corrected chi connectivity index (χ1v) is 7.63. The first kappa shape index (κ1) is 14.3. The molecule has 1 aromatic rings. The molecule has 1 aliphatic rings. The van der Waals surface area contributed by atoms with Gasteiger partial charge in [-0.05, 0) is 30.2 Å². The van der Waals surface area contributed by atoms with E-state index in [0.29, 0.717) is 32.0 Å². The molecule has 0 aromatic carbocycles. The lowest BCUT2D eigenvalue weighted by molar-refractivity contribution is -0.133. The van der Waals surface area contributed by atoms with Gasteiger partial charge in [-0.25, -0.2) is 0 Å². The molecule has 0 saturated heterocycles. The van der Waals surface area contributed by atoms with Crippen LogP contribution < -0.4 is 0 Å². The van der Waals surface area contributed by atoms with E-state index in [1.165, 1.54) is 4.88 Å². The highest BCUT2D eigenvalue weighted by Crippen LogP contribution is 2.22. The van der Waals surface area contributed by atoms with E-state index >= 15 is 0 Å². The van der Waals surface area contributed by atoms with Crippen LogP contribution in [0.4, 0.5) is 0 Å². The number of methoxy groups -OCH3 is 1. The maximum absolute atomic E-state index is 12.4. The zero-order valence-corrected chi connectivity index (χ0v) is 12.2. The van der Waals surface area contributed by atoms with E-state index in [1.807, 2.05) is 16.3 Å². The zero-order valence-electron chi connectivity index (χ0n) is 11.4. The minimum atomic E-state index is 0.238. The monoisotopic (exact) mass is 279 g/mol. The fourth-order valence-electron chi connectivity index (χ4n) is 2.30. The minimum Gasteiger partial charge on any atom is -0.383 e. The topological polar surface area (TPSA) is 29.5 Å². The van der Waals surface area contributed by atoms with E-state index in [9.17, 15) is 4.79 Å². The maximum atomic E-state index is 12.4. The average molecular weight is 279 g/mol. The van der Waals surface area contributed by atoms with Gasteiger partial charge in [-0.15, -0.1) is 11.3 Å². The number of rotatable bonds is 7. The van der Waals surface area contributed by atoms with E-state index in [0.717, 1.165) is 12.8 Å². The first-order chi connectivity index (χ1) is 9.29. The van der Waals surface area contributed by atoms with Crippen molar-refractivity contribution in [1.82, 2.24) is 4.90 Å². The summed E-state index contributed by atoms with van der Waals surface area (Å²) < 4.78 is 5.11. The molecule has 3 nitrogen and oxygen atoms in total. The number of nitrogens with zero attached hydrogens (tertiary/aromatic N) is 1. The minimum absolute atomic E-state index is 0.238. The number of allylic oxidation sites excluding steroid dienone is 2. The highest BCUT2D eigenvalue weighted by atomic mass is 32.1. The third-order valence-electron chi connectivity index (χ3n) is 3.39. The molecule has 0 spiro atoms. The number of carbonyl (C=O) groups is 1. The molecule has 1 amide bonds. The summed E-state index contributed by atoms with van der Waals surface area (Å²) in [7, 11) is 1.67. The van der Waals surface area contributed by atoms with E-state index in [4.69, 9.17) is 4.74 Å². The van der Waals surface area contributed by atoms with Gasteiger partial charge in [-0.3, -0.25) is 4.79 Å². The Labute approximate surface area is 118 Å². The molecular formula is C15H21NO2S. The standard InChI is InChI=1S/C15H21NO2S/c1-18-9-8-16(12-14-7-4-10-19-14)15(17)11-13-5-2-3-6-13/h2,4-5,7,10,13H,3,6,8-9,11-12H2,1H3/t13-/m1/s1. The van der Waals surface area contributed by atoms with Crippen LogP contribution in [0.3, 0.4) is 0 Å². The number of carbonyl (C=O) groups excluding carboxylic acids is 1. The number of hydrogen-bond acceptors (Lipinski definition) is 3. The Morgan fingerprint density at radius 3 is 3.11 bits per heavy atom. The predicted molar refractivity (Wildman–Crippen MR) is 78.1 cm³/mol. The van der Waals surface area contributed by atoms with Crippen LogP contribution in [0, 0.1) is 5.92 Å². The molecule has 1 aromatic heterocycles. The van der Waals surface area contributed by atoms with Gasteiger partial charge in [0.15, 0.2) is 0 Å². The Balaban J connectivity index is 1.91. The Morgan fingerprint density at radius 1 is 1.58 bits per heavy atom. The van der Waals surface area contributed by atoms with E-state index in [-0.39, 0.29) is 5.91 Å². The molecule has 0 saturated carbocycles. The van der Waals surface area contributed by atoms with Crippen molar-refractivity contribution in [1.29, 1.82) is 0 Å². The fourth-order valence-corrected chi connectivity index (χ4v) is 3.02. The van der Waals surface area contributed by atoms with Gasteiger partial charge in [0.1, 0.15) is 0 Å². The summed E-state index contributed by atoms with van der Waals surface area (Å²) >= 11 is 1.70. The number of amides is 1. The van der Waals surface area contributed by atoms with Crippen molar-refractivity contribution < 1.29 is 9.53 Å². The van der Waals surface area contributed by atoms with Crippen LogP contribution in [-0.2, 0) is 16.1 Å². The van der Waals surface area contributed by atoms with Crippen LogP contribution in [0.5, 0.6) is 0 Å². The van der Waals surface area contributed by atoms with Gasteiger partial charge >= 0.3 is 0 Å². The molecule has 0 fully saturated rings. The third kappa shape index (κ3) is 4.48. The maximum Gasteiger partial charge on any atom is 0.223 e. The molecule has 1 aliphatic carbocycles.